The zero-order valence-electron chi connectivity index (χ0n) is 18.4. The highest BCUT2D eigenvalue weighted by Gasteiger charge is 2.17. The minimum absolute atomic E-state index is 0.160. The molecule has 0 aliphatic rings. The molecule has 174 valence electrons. The van der Waals surface area contributed by atoms with E-state index in [-0.39, 0.29) is 11.7 Å². The number of rotatable bonds is 9. The number of carbonyl (C=O) groups is 1. The van der Waals surface area contributed by atoms with Crippen LogP contribution in [0.3, 0.4) is 0 Å². The summed E-state index contributed by atoms with van der Waals surface area (Å²) in [4.78, 5) is 12.6. The molecule has 4 aromatic rings. The maximum atomic E-state index is 12.6. The van der Waals surface area contributed by atoms with Gasteiger partial charge in [0.25, 0.3) is 0 Å². The van der Waals surface area contributed by atoms with Crippen molar-refractivity contribution in [1.29, 1.82) is 0 Å². The third-order valence-corrected chi connectivity index (χ3v) is 6.58. The molecule has 0 unspecified atom stereocenters. The lowest BCUT2D eigenvalue weighted by atomic mass is 10.1. The third-order valence-electron chi connectivity index (χ3n) is 4.85. The van der Waals surface area contributed by atoms with Crippen molar-refractivity contribution in [3.05, 3.63) is 93.7 Å². The quantitative estimate of drug-likeness (QED) is 0.241. The lowest BCUT2D eigenvalue weighted by molar-refractivity contribution is -0.113. The predicted molar refractivity (Wildman–Crippen MR) is 140 cm³/mol. The van der Waals surface area contributed by atoms with Crippen molar-refractivity contribution < 1.29 is 9.53 Å². The Hall–Kier alpha value is -2.81. The highest BCUT2D eigenvalue weighted by molar-refractivity contribution is 9.10. The Morgan fingerprint density at radius 1 is 1.09 bits per heavy atom. The summed E-state index contributed by atoms with van der Waals surface area (Å²) in [5.74, 6) is 1.56. The van der Waals surface area contributed by atoms with Crippen molar-refractivity contribution in [3.63, 3.8) is 0 Å². The maximum Gasteiger partial charge on any atom is 0.234 e. The van der Waals surface area contributed by atoms with Crippen molar-refractivity contribution in [1.82, 2.24) is 14.8 Å². The van der Waals surface area contributed by atoms with Crippen LogP contribution in [-0.4, -0.2) is 33.0 Å². The van der Waals surface area contributed by atoms with E-state index in [9.17, 15) is 4.79 Å². The molecule has 0 fully saturated rings. The first kappa shape index (κ1) is 24.3. The second-order valence-corrected chi connectivity index (χ2v) is 9.55. The summed E-state index contributed by atoms with van der Waals surface area (Å²) < 4.78 is 8.40. The molecule has 6 nitrogen and oxygen atoms in total. The summed E-state index contributed by atoms with van der Waals surface area (Å²) in [6, 6.07) is 23.2. The number of nitrogens with one attached hydrogen (secondary N) is 1. The van der Waals surface area contributed by atoms with Gasteiger partial charge in [0.15, 0.2) is 5.16 Å². The molecule has 0 atom stereocenters. The molecule has 0 radical (unpaired) electrons. The molecule has 0 saturated heterocycles. The highest BCUT2D eigenvalue weighted by atomic mass is 79.9. The van der Waals surface area contributed by atoms with Gasteiger partial charge in [-0.25, -0.2) is 0 Å². The molecule has 1 aromatic heterocycles. The molecule has 1 N–H and O–H groups in total. The van der Waals surface area contributed by atoms with Gasteiger partial charge in [-0.1, -0.05) is 69.6 Å². The number of hydrogen-bond acceptors (Lipinski definition) is 5. The summed E-state index contributed by atoms with van der Waals surface area (Å²) in [6.07, 6.45) is 0.613. The van der Waals surface area contributed by atoms with Gasteiger partial charge in [0, 0.05) is 16.6 Å². The Morgan fingerprint density at radius 2 is 1.85 bits per heavy atom. The Kier molecular flexibility index (Phi) is 8.26. The van der Waals surface area contributed by atoms with Gasteiger partial charge < -0.3 is 10.1 Å². The smallest absolute Gasteiger partial charge is 0.234 e. The Balaban J connectivity index is 1.55. The predicted octanol–water partition coefficient (Wildman–Crippen LogP) is 6.40. The van der Waals surface area contributed by atoms with Crippen LogP contribution in [0.25, 0.3) is 5.69 Å². The van der Waals surface area contributed by atoms with Gasteiger partial charge in [-0.15, -0.1) is 10.2 Å². The van der Waals surface area contributed by atoms with E-state index in [2.05, 4.69) is 43.6 Å². The van der Waals surface area contributed by atoms with Crippen LogP contribution in [0.2, 0.25) is 5.02 Å². The molecular formula is C25H22BrClN4O2S. The van der Waals surface area contributed by atoms with Gasteiger partial charge in [0.2, 0.25) is 5.91 Å². The first-order chi connectivity index (χ1) is 16.5. The van der Waals surface area contributed by atoms with E-state index in [1.54, 1.807) is 12.1 Å². The second-order valence-electron chi connectivity index (χ2n) is 7.28. The summed E-state index contributed by atoms with van der Waals surface area (Å²) >= 11 is 10.9. The van der Waals surface area contributed by atoms with E-state index in [1.807, 2.05) is 60.0 Å². The van der Waals surface area contributed by atoms with E-state index in [0.29, 0.717) is 28.9 Å². The van der Waals surface area contributed by atoms with Crippen LogP contribution >= 0.6 is 39.3 Å². The molecule has 34 heavy (non-hydrogen) atoms. The van der Waals surface area contributed by atoms with E-state index in [4.69, 9.17) is 16.3 Å². The SMILES string of the molecule is CCOc1ccc(-n2c(Cc3ccccc3)nnc2SCC(=O)Nc2ccc(Br)cc2Cl)cc1. The Bertz CT molecular complexity index is 1270. The van der Waals surface area contributed by atoms with Gasteiger partial charge in [0.1, 0.15) is 11.6 Å². The lowest BCUT2D eigenvalue weighted by Crippen LogP contribution is -2.15. The van der Waals surface area contributed by atoms with Crippen LogP contribution in [0.15, 0.2) is 82.4 Å². The molecule has 1 heterocycles. The number of anilines is 1. The second kappa shape index (κ2) is 11.6. The minimum atomic E-state index is -0.180. The van der Waals surface area contributed by atoms with Crippen LogP contribution in [0.5, 0.6) is 5.75 Å². The Morgan fingerprint density at radius 3 is 2.56 bits per heavy atom. The summed E-state index contributed by atoms with van der Waals surface area (Å²) in [6.45, 7) is 2.55. The Labute approximate surface area is 215 Å². The molecule has 0 saturated carbocycles. The number of hydrogen-bond donors (Lipinski definition) is 1. The van der Waals surface area contributed by atoms with Crippen LogP contribution in [0.4, 0.5) is 5.69 Å². The topological polar surface area (TPSA) is 69.0 Å². The van der Waals surface area contributed by atoms with E-state index in [1.165, 1.54) is 11.8 Å². The molecule has 4 rings (SSSR count). The number of thioether (sulfide) groups is 1. The van der Waals surface area contributed by atoms with Crippen LogP contribution in [0, 0.1) is 0 Å². The molecule has 3 aromatic carbocycles. The van der Waals surface area contributed by atoms with Gasteiger partial charge >= 0.3 is 0 Å². The summed E-state index contributed by atoms with van der Waals surface area (Å²) in [5.41, 5.74) is 2.59. The number of benzene rings is 3. The monoisotopic (exact) mass is 556 g/mol. The van der Waals surface area contributed by atoms with Gasteiger partial charge in [0.05, 0.1) is 23.1 Å². The summed E-state index contributed by atoms with van der Waals surface area (Å²) in [7, 11) is 0. The number of ether oxygens (including phenoxy) is 1. The first-order valence-corrected chi connectivity index (χ1v) is 12.8. The fourth-order valence-corrected chi connectivity index (χ4v) is 4.80. The van der Waals surface area contributed by atoms with Crippen molar-refractivity contribution >= 4 is 50.9 Å². The number of carbonyl (C=O) groups excluding carboxylic acids is 1. The number of aromatic nitrogens is 3. The fourth-order valence-electron chi connectivity index (χ4n) is 3.31. The lowest BCUT2D eigenvalue weighted by Gasteiger charge is -2.12. The van der Waals surface area contributed by atoms with Crippen molar-refractivity contribution in [2.45, 2.75) is 18.5 Å². The van der Waals surface area contributed by atoms with Crippen LogP contribution < -0.4 is 10.1 Å². The molecular weight excluding hydrogens is 536 g/mol. The number of nitrogens with zero attached hydrogens (tertiary/aromatic N) is 3. The van der Waals surface area contributed by atoms with E-state index < -0.39 is 0 Å². The minimum Gasteiger partial charge on any atom is -0.494 e. The largest absolute Gasteiger partial charge is 0.494 e. The van der Waals surface area contributed by atoms with Gasteiger partial charge in [-0.05, 0) is 55.0 Å². The number of amides is 1. The molecule has 0 spiro atoms. The standard InChI is InChI=1S/C25H22BrClN4O2S/c1-2-33-20-11-9-19(10-12-20)31-23(14-17-6-4-3-5-7-17)29-30-25(31)34-16-24(32)28-22-13-8-18(26)15-21(22)27/h3-13,15H,2,14,16H2,1H3,(H,28,32). The molecule has 1 amide bonds. The average molecular weight is 558 g/mol. The first-order valence-electron chi connectivity index (χ1n) is 10.6. The number of halogens is 2. The van der Waals surface area contributed by atoms with Crippen molar-refractivity contribution in [2.75, 3.05) is 17.7 Å². The van der Waals surface area contributed by atoms with Gasteiger partial charge in [-0.2, -0.15) is 0 Å². The van der Waals surface area contributed by atoms with Crippen molar-refractivity contribution in [2.24, 2.45) is 0 Å². The van der Waals surface area contributed by atoms with Crippen LogP contribution in [-0.2, 0) is 11.2 Å². The van der Waals surface area contributed by atoms with Crippen molar-refractivity contribution in [3.8, 4) is 11.4 Å². The third kappa shape index (κ3) is 6.20. The van der Waals surface area contributed by atoms with E-state index >= 15 is 0 Å². The highest BCUT2D eigenvalue weighted by Crippen LogP contribution is 2.28. The summed E-state index contributed by atoms with van der Waals surface area (Å²) in [5, 5.41) is 12.8. The molecule has 0 aliphatic carbocycles. The molecule has 9 heteroatoms. The fraction of sp³-hybridized carbons (Fsp3) is 0.160. The zero-order chi connectivity index (χ0) is 23.9. The van der Waals surface area contributed by atoms with E-state index in [0.717, 1.165) is 27.3 Å². The molecule has 0 bridgehead atoms. The zero-order valence-corrected chi connectivity index (χ0v) is 21.5. The normalized spacial score (nSPS) is 10.8. The molecule has 0 aliphatic heterocycles. The average Bonchev–Trinajstić information content (AvgIpc) is 3.23. The van der Waals surface area contributed by atoms with Crippen LogP contribution in [0.1, 0.15) is 18.3 Å². The maximum absolute atomic E-state index is 12.6. The van der Waals surface area contributed by atoms with Gasteiger partial charge in [-0.3, -0.25) is 9.36 Å².